The van der Waals surface area contributed by atoms with E-state index < -0.39 is 0 Å². The number of para-hydroxylation sites is 1. The Balaban J connectivity index is 2.45. The Bertz CT molecular complexity index is 464. The second-order valence-corrected chi connectivity index (χ2v) is 3.68. The summed E-state index contributed by atoms with van der Waals surface area (Å²) in [6.45, 7) is 1.94. The molecule has 0 N–H and O–H groups in total. The number of hydrogen-bond acceptors (Lipinski definition) is 3. The summed E-state index contributed by atoms with van der Waals surface area (Å²) in [6, 6.07) is 9.97. The molecule has 0 saturated carbocycles. The van der Waals surface area contributed by atoms with Crippen LogP contribution in [0, 0.1) is 0 Å². The molecule has 0 amide bonds. The smallest absolute Gasteiger partial charge is 0.151 e. The first kappa shape index (κ1) is 9.77. The van der Waals surface area contributed by atoms with Gasteiger partial charge in [0.2, 0.25) is 0 Å². The maximum Gasteiger partial charge on any atom is 0.151 e. The zero-order valence-electron chi connectivity index (χ0n) is 9.19. The summed E-state index contributed by atoms with van der Waals surface area (Å²) in [4.78, 5) is 0. The molecule has 3 nitrogen and oxygen atoms in total. The average molecular weight is 202 g/mol. The van der Waals surface area contributed by atoms with Crippen molar-refractivity contribution >= 4 is 16.7 Å². The molecule has 0 aliphatic carbocycles. The largest absolute Gasteiger partial charge is 0.455 e. The molecule has 3 heteroatoms. The molecule has 0 radical (unpaired) electrons. The Morgan fingerprint density at radius 1 is 1.27 bits per heavy atom. The Morgan fingerprint density at radius 3 is 2.67 bits per heavy atom. The SMILES string of the molecule is C/C(=N/N(C)C)c1cc2ccccc2o1. The topological polar surface area (TPSA) is 28.7 Å². The Labute approximate surface area is 89.0 Å². The summed E-state index contributed by atoms with van der Waals surface area (Å²) in [7, 11) is 3.79. The fraction of sp³-hybridized carbons (Fsp3) is 0.250. The van der Waals surface area contributed by atoms with Crippen LogP contribution in [0.1, 0.15) is 12.7 Å². The molecule has 0 atom stereocenters. The number of hydrogen-bond donors (Lipinski definition) is 0. The summed E-state index contributed by atoms with van der Waals surface area (Å²) in [5.41, 5.74) is 1.79. The lowest BCUT2D eigenvalue weighted by atomic mass is 10.2. The Hall–Kier alpha value is -1.77. The molecular formula is C12H14N2O. The minimum absolute atomic E-state index is 0.824. The van der Waals surface area contributed by atoms with Crippen molar-refractivity contribution < 1.29 is 4.42 Å². The quantitative estimate of drug-likeness (QED) is 0.553. The molecule has 78 valence electrons. The summed E-state index contributed by atoms with van der Waals surface area (Å²) >= 11 is 0. The van der Waals surface area contributed by atoms with E-state index in [0.29, 0.717) is 0 Å². The third-order valence-corrected chi connectivity index (χ3v) is 2.13. The molecule has 0 aliphatic heterocycles. The van der Waals surface area contributed by atoms with Crippen molar-refractivity contribution in [1.82, 2.24) is 5.01 Å². The summed E-state index contributed by atoms with van der Waals surface area (Å²) in [6.07, 6.45) is 0. The molecule has 1 aromatic heterocycles. The normalized spacial score (nSPS) is 12.1. The zero-order chi connectivity index (χ0) is 10.8. The van der Waals surface area contributed by atoms with Gasteiger partial charge in [-0.2, -0.15) is 5.10 Å². The second kappa shape index (κ2) is 3.77. The highest BCUT2D eigenvalue weighted by molar-refractivity contribution is 5.99. The molecular weight excluding hydrogens is 188 g/mol. The molecule has 15 heavy (non-hydrogen) atoms. The van der Waals surface area contributed by atoms with Gasteiger partial charge in [0, 0.05) is 19.5 Å². The first-order chi connectivity index (χ1) is 7.16. The molecule has 2 rings (SSSR count). The maximum absolute atomic E-state index is 5.67. The molecule has 0 aliphatic rings. The van der Waals surface area contributed by atoms with Crippen molar-refractivity contribution in [3.63, 3.8) is 0 Å². The van der Waals surface area contributed by atoms with Crippen LogP contribution in [0.3, 0.4) is 0 Å². The molecule has 2 aromatic rings. The van der Waals surface area contributed by atoms with E-state index in [9.17, 15) is 0 Å². The van der Waals surface area contributed by atoms with Gasteiger partial charge in [-0.1, -0.05) is 18.2 Å². The van der Waals surface area contributed by atoms with Gasteiger partial charge < -0.3 is 9.43 Å². The van der Waals surface area contributed by atoms with E-state index in [0.717, 1.165) is 22.4 Å². The number of rotatable bonds is 2. The lowest BCUT2D eigenvalue weighted by Crippen LogP contribution is -2.06. The summed E-state index contributed by atoms with van der Waals surface area (Å²) in [5, 5.41) is 7.18. The van der Waals surface area contributed by atoms with Crippen molar-refractivity contribution in [1.29, 1.82) is 0 Å². The minimum Gasteiger partial charge on any atom is -0.455 e. The van der Waals surface area contributed by atoms with Crippen LogP contribution >= 0.6 is 0 Å². The molecule has 0 bridgehead atoms. The fourth-order valence-electron chi connectivity index (χ4n) is 1.51. The predicted octanol–water partition coefficient (Wildman–Crippen LogP) is 2.72. The number of furan rings is 1. The Kier molecular flexibility index (Phi) is 2.46. The van der Waals surface area contributed by atoms with E-state index >= 15 is 0 Å². The first-order valence-corrected chi connectivity index (χ1v) is 4.88. The third-order valence-electron chi connectivity index (χ3n) is 2.13. The molecule has 1 aromatic carbocycles. The van der Waals surface area contributed by atoms with Gasteiger partial charge in [-0.15, -0.1) is 0 Å². The van der Waals surface area contributed by atoms with E-state index in [4.69, 9.17) is 4.42 Å². The van der Waals surface area contributed by atoms with Crippen molar-refractivity contribution in [2.24, 2.45) is 5.10 Å². The van der Waals surface area contributed by atoms with E-state index in [1.54, 1.807) is 5.01 Å². The summed E-state index contributed by atoms with van der Waals surface area (Å²) in [5.74, 6) is 0.824. The van der Waals surface area contributed by atoms with Crippen molar-refractivity contribution in [2.75, 3.05) is 14.1 Å². The lowest BCUT2D eigenvalue weighted by Gasteiger charge is -2.04. The standard InChI is InChI=1S/C12H14N2O/c1-9(13-14(2)3)12-8-10-6-4-5-7-11(10)15-12/h4-8H,1-3H3/b13-9-. The third kappa shape index (κ3) is 2.01. The van der Waals surface area contributed by atoms with Gasteiger partial charge in [-0.05, 0) is 19.1 Å². The van der Waals surface area contributed by atoms with Crippen LogP contribution in [-0.2, 0) is 0 Å². The van der Waals surface area contributed by atoms with E-state index in [1.807, 2.05) is 51.4 Å². The van der Waals surface area contributed by atoms with Gasteiger partial charge in [0.05, 0.1) is 5.71 Å². The highest BCUT2D eigenvalue weighted by Crippen LogP contribution is 2.19. The number of hydrazone groups is 1. The van der Waals surface area contributed by atoms with Crippen LogP contribution in [0.2, 0.25) is 0 Å². The zero-order valence-corrected chi connectivity index (χ0v) is 9.19. The van der Waals surface area contributed by atoms with Crippen LogP contribution in [0.25, 0.3) is 11.0 Å². The van der Waals surface area contributed by atoms with Crippen LogP contribution in [0.5, 0.6) is 0 Å². The van der Waals surface area contributed by atoms with Crippen molar-refractivity contribution in [3.05, 3.63) is 36.1 Å². The fourth-order valence-corrected chi connectivity index (χ4v) is 1.51. The van der Waals surface area contributed by atoms with Crippen molar-refractivity contribution in [2.45, 2.75) is 6.92 Å². The average Bonchev–Trinajstić information content (AvgIpc) is 2.59. The highest BCUT2D eigenvalue weighted by Gasteiger charge is 2.05. The van der Waals surface area contributed by atoms with Gasteiger partial charge in [0.15, 0.2) is 5.76 Å². The number of nitrogens with zero attached hydrogens (tertiary/aromatic N) is 2. The number of fused-ring (bicyclic) bond motifs is 1. The Morgan fingerprint density at radius 2 is 2.00 bits per heavy atom. The maximum atomic E-state index is 5.67. The highest BCUT2D eigenvalue weighted by atomic mass is 16.3. The van der Waals surface area contributed by atoms with Gasteiger partial charge >= 0.3 is 0 Å². The van der Waals surface area contributed by atoms with Crippen LogP contribution in [0.4, 0.5) is 0 Å². The van der Waals surface area contributed by atoms with Gasteiger partial charge in [-0.25, -0.2) is 0 Å². The molecule has 1 heterocycles. The molecule has 0 spiro atoms. The van der Waals surface area contributed by atoms with E-state index in [-0.39, 0.29) is 0 Å². The monoisotopic (exact) mass is 202 g/mol. The molecule has 0 saturated heterocycles. The first-order valence-electron chi connectivity index (χ1n) is 4.88. The van der Waals surface area contributed by atoms with E-state index in [1.165, 1.54) is 0 Å². The predicted molar refractivity (Wildman–Crippen MR) is 62.1 cm³/mol. The van der Waals surface area contributed by atoms with E-state index in [2.05, 4.69) is 5.10 Å². The minimum atomic E-state index is 0.824. The second-order valence-electron chi connectivity index (χ2n) is 3.68. The van der Waals surface area contributed by atoms with Gasteiger partial charge in [0.25, 0.3) is 0 Å². The summed E-state index contributed by atoms with van der Waals surface area (Å²) < 4.78 is 5.67. The van der Waals surface area contributed by atoms with Crippen LogP contribution in [0.15, 0.2) is 39.9 Å². The van der Waals surface area contributed by atoms with Crippen molar-refractivity contribution in [3.8, 4) is 0 Å². The number of benzene rings is 1. The van der Waals surface area contributed by atoms with Crippen LogP contribution in [-0.4, -0.2) is 24.8 Å². The van der Waals surface area contributed by atoms with Gasteiger partial charge in [0.1, 0.15) is 5.58 Å². The molecule has 0 fully saturated rings. The molecule has 0 unspecified atom stereocenters. The van der Waals surface area contributed by atoms with Gasteiger partial charge in [-0.3, -0.25) is 0 Å². The van der Waals surface area contributed by atoms with Crippen LogP contribution < -0.4 is 0 Å². The lowest BCUT2D eigenvalue weighted by molar-refractivity contribution is 0.435.